The highest BCUT2D eigenvalue weighted by Crippen LogP contribution is 2.34. The summed E-state index contributed by atoms with van der Waals surface area (Å²) < 4.78 is 10.4. The summed E-state index contributed by atoms with van der Waals surface area (Å²) in [5.41, 5.74) is -1.53. The Morgan fingerprint density at radius 2 is 2.09 bits per heavy atom. The predicted molar refractivity (Wildman–Crippen MR) is 84.6 cm³/mol. The Bertz CT molecular complexity index is 417. The third kappa shape index (κ3) is 4.47. The topological polar surface area (TPSA) is 67.9 Å². The second kappa shape index (κ2) is 7.63. The van der Waals surface area contributed by atoms with E-state index in [0.29, 0.717) is 32.5 Å². The molecule has 1 aliphatic rings. The van der Waals surface area contributed by atoms with Crippen molar-refractivity contribution in [3.8, 4) is 0 Å². The molecule has 0 aliphatic carbocycles. The van der Waals surface area contributed by atoms with Crippen LogP contribution >= 0.6 is 0 Å². The average molecular weight is 312 g/mol. The van der Waals surface area contributed by atoms with Crippen LogP contribution in [0.3, 0.4) is 0 Å². The molecule has 1 saturated heterocycles. The Hall–Kier alpha value is -1.56. The molecule has 1 atom stereocenters. The van der Waals surface area contributed by atoms with Crippen LogP contribution in [0, 0.1) is 0 Å². The van der Waals surface area contributed by atoms with Crippen LogP contribution in [0.15, 0.2) is 12.7 Å². The number of methoxy groups -OCH3 is 1. The zero-order valence-electron chi connectivity index (χ0n) is 14.1. The first-order valence-electron chi connectivity index (χ1n) is 7.67. The van der Waals surface area contributed by atoms with Gasteiger partial charge in [-0.15, -0.1) is 6.58 Å². The molecule has 1 N–H and O–H groups in total. The highest BCUT2D eigenvalue weighted by atomic mass is 16.6. The first-order chi connectivity index (χ1) is 10.3. The lowest BCUT2D eigenvalue weighted by Gasteiger charge is -2.36. The summed E-state index contributed by atoms with van der Waals surface area (Å²) in [7, 11) is 1.35. The van der Waals surface area contributed by atoms with Crippen molar-refractivity contribution in [2.75, 3.05) is 26.7 Å². The molecular formula is C16H28N2O4. The van der Waals surface area contributed by atoms with E-state index in [4.69, 9.17) is 9.47 Å². The minimum Gasteiger partial charge on any atom is -0.467 e. The zero-order valence-corrected chi connectivity index (χ0v) is 14.1. The van der Waals surface area contributed by atoms with Gasteiger partial charge in [-0.05, 0) is 46.6 Å². The van der Waals surface area contributed by atoms with E-state index >= 15 is 0 Å². The summed E-state index contributed by atoms with van der Waals surface area (Å²) in [6.45, 7) is 10.8. The third-order valence-corrected chi connectivity index (χ3v) is 3.67. The molecule has 1 heterocycles. The molecule has 22 heavy (non-hydrogen) atoms. The van der Waals surface area contributed by atoms with Gasteiger partial charge in [-0.25, -0.2) is 9.59 Å². The van der Waals surface area contributed by atoms with Crippen molar-refractivity contribution in [3.63, 3.8) is 0 Å². The van der Waals surface area contributed by atoms with Gasteiger partial charge in [0.2, 0.25) is 0 Å². The molecule has 0 radical (unpaired) electrons. The summed E-state index contributed by atoms with van der Waals surface area (Å²) in [5, 5.41) is 3.17. The van der Waals surface area contributed by atoms with E-state index in [1.54, 1.807) is 6.08 Å². The normalized spacial score (nSPS) is 21.5. The molecule has 126 valence electrons. The van der Waals surface area contributed by atoms with Crippen LogP contribution in [0.1, 0.15) is 40.0 Å². The number of carbonyl (C=O) groups excluding carboxylic acids is 2. The molecule has 6 heteroatoms. The number of hydrogen-bond acceptors (Lipinski definition) is 5. The Labute approximate surface area is 132 Å². The van der Waals surface area contributed by atoms with Crippen LogP contribution in [0.5, 0.6) is 0 Å². The predicted octanol–water partition coefficient (Wildman–Crippen LogP) is 2.09. The number of rotatable bonds is 6. The van der Waals surface area contributed by atoms with Gasteiger partial charge >= 0.3 is 12.1 Å². The number of amides is 1. The third-order valence-electron chi connectivity index (χ3n) is 3.67. The number of likely N-dealkylation sites (tertiary alicyclic amines) is 1. The van der Waals surface area contributed by atoms with Gasteiger partial charge in [-0.3, -0.25) is 4.90 Å². The maximum absolute atomic E-state index is 12.4. The van der Waals surface area contributed by atoms with Crippen molar-refractivity contribution < 1.29 is 19.1 Å². The first-order valence-corrected chi connectivity index (χ1v) is 7.67. The highest BCUT2D eigenvalue weighted by molar-refractivity contribution is 5.86. The van der Waals surface area contributed by atoms with E-state index in [1.807, 2.05) is 20.8 Å². The van der Waals surface area contributed by atoms with Crippen LogP contribution in [0.2, 0.25) is 0 Å². The monoisotopic (exact) mass is 312 g/mol. The smallest absolute Gasteiger partial charge is 0.411 e. The van der Waals surface area contributed by atoms with Crippen molar-refractivity contribution in [2.24, 2.45) is 0 Å². The van der Waals surface area contributed by atoms with E-state index in [1.165, 1.54) is 12.0 Å². The number of nitrogens with zero attached hydrogens (tertiary/aromatic N) is 1. The molecule has 0 aromatic heterocycles. The van der Waals surface area contributed by atoms with Gasteiger partial charge in [0.15, 0.2) is 0 Å². The second-order valence-electron chi connectivity index (χ2n) is 6.50. The molecule has 0 bridgehead atoms. The Kier molecular flexibility index (Phi) is 6.41. The zero-order chi connectivity index (χ0) is 16.8. The minimum atomic E-state index is -0.939. The van der Waals surface area contributed by atoms with Crippen LogP contribution in [-0.2, 0) is 14.3 Å². The fourth-order valence-electron chi connectivity index (χ4n) is 2.73. The van der Waals surface area contributed by atoms with E-state index in [0.717, 1.165) is 6.42 Å². The Balaban J connectivity index is 2.89. The van der Waals surface area contributed by atoms with Gasteiger partial charge in [-0.2, -0.15) is 0 Å². The van der Waals surface area contributed by atoms with Gasteiger partial charge in [0.1, 0.15) is 11.1 Å². The molecule has 0 spiro atoms. The Morgan fingerprint density at radius 1 is 1.41 bits per heavy atom. The molecule has 1 amide bonds. The van der Waals surface area contributed by atoms with Gasteiger partial charge in [0.25, 0.3) is 0 Å². The van der Waals surface area contributed by atoms with E-state index in [-0.39, 0.29) is 5.97 Å². The highest BCUT2D eigenvalue weighted by Gasteiger charge is 2.51. The first kappa shape index (κ1) is 18.5. The molecule has 1 aliphatic heterocycles. The van der Waals surface area contributed by atoms with Crippen molar-refractivity contribution in [1.82, 2.24) is 10.2 Å². The van der Waals surface area contributed by atoms with Crippen molar-refractivity contribution >= 4 is 12.1 Å². The van der Waals surface area contributed by atoms with E-state index in [9.17, 15) is 9.59 Å². The summed E-state index contributed by atoms with van der Waals surface area (Å²) in [5.74, 6) is -0.378. The van der Waals surface area contributed by atoms with Crippen molar-refractivity contribution in [3.05, 3.63) is 12.7 Å². The SMILES string of the molecule is C=CCNCCC1(C(=O)OC)CCCN1C(=O)OC(C)(C)C. The lowest BCUT2D eigenvalue weighted by Crippen LogP contribution is -2.55. The van der Waals surface area contributed by atoms with Crippen molar-refractivity contribution in [2.45, 2.75) is 51.2 Å². The summed E-state index contributed by atoms with van der Waals surface area (Å²) in [4.78, 5) is 26.3. The molecule has 1 rings (SSSR count). The fraction of sp³-hybridized carbons (Fsp3) is 0.750. The molecule has 0 saturated carbocycles. The number of ether oxygens (including phenoxy) is 2. The molecule has 0 aromatic rings. The fourth-order valence-corrected chi connectivity index (χ4v) is 2.73. The number of nitrogens with one attached hydrogen (secondary N) is 1. The lowest BCUT2D eigenvalue weighted by molar-refractivity contribution is -0.153. The van der Waals surface area contributed by atoms with Crippen LogP contribution in [0.25, 0.3) is 0 Å². The van der Waals surface area contributed by atoms with Gasteiger partial charge in [0, 0.05) is 13.1 Å². The lowest BCUT2D eigenvalue weighted by atomic mass is 9.92. The average Bonchev–Trinajstić information content (AvgIpc) is 2.86. The quantitative estimate of drug-likeness (QED) is 0.462. The second-order valence-corrected chi connectivity index (χ2v) is 6.50. The summed E-state index contributed by atoms with van der Waals surface area (Å²) >= 11 is 0. The minimum absolute atomic E-state index is 0.378. The largest absolute Gasteiger partial charge is 0.467 e. The van der Waals surface area contributed by atoms with E-state index in [2.05, 4.69) is 11.9 Å². The molecule has 6 nitrogen and oxygen atoms in total. The number of hydrogen-bond donors (Lipinski definition) is 1. The van der Waals surface area contributed by atoms with Crippen molar-refractivity contribution in [1.29, 1.82) is 0 Å². The molecule has 1 unspecified atom stereocenters. The molecule has 0 aromatic carbocycles. The summed E-state index contributed by atoms with van der Waals surface area (Å²) in [6.07, 6.45) is 3.14. The van der Waals surface area contributed by atoms with Crippen LogP contribution in [-0.4, -0.2) is 54.8 Å². The Morgan fingerprint density at radius 3 is 2.64 bits per heavy atom. The van der Waals surface area contributed by atoms with Gasteiger partial charge < -0.3 is 14.8 Å². The molecular weight excluding hydrogens is 284 g/mol. The van der Waals surface area contributed by atoms with Gasteiger partial charge in [0.05, 0.1) is 7.11 Å². The number of carbonyl (C=O) groups is 2. The van der Waals surface area contributed by atoms with E-state index < -0.39 is 17.2 Å². The molecule has 1 fully saturated rings. The van der Waals surface area contributed by atoms with Crippen LogP contribution in [0.4, 0.5) is 4.79 Å². The number of esters is 1. The standard InChI is InChI=1S/C16H28N2O4/c1-6-10-17-11-9-16(13(19)21-5)8-7-12-18(16)14(20)22-15(2,3)4/h6,17H,1,7-12H2,2-5H3. The maximum atomic E-state index is 12.4. The summed E-state index contributed by atoms with van der Waals surface area (Å²) in [6, 6.07) is 0. The van der Waals surface area contributed by atoms with Gasteiger partial charge in [-0.1, -0.05) is 6.08 Å². The van der Waals surface area contributed by atoms with Crippen LogP contribution < -0.4 is 5.32 Å². The maximum Gasteiger partial charge on any atom is 0.411 e.